The Kier molecular flexibility index (Phi) is 7.51. The topological polar surface area (TPSA) is 112 Å². The van der Waals surface area contributed by atoms with Crippen LogP contribution < -0.4 is 19.6 Å². The molecule has 0 saturated heterocycles. The molecule has 210 valence electrons. The van der Waals surface area contributed by atoms with Crippen molar-refractivity contribution < 1.29 is 24.2 Å². The van der Waals surface area contributed by atoms with Gasteiger partial charge in [-0.3, -0.25) is 9.36 Å². The minimum Gasteiger partial charge on any atom is -0.496 e. The maximum absolute atomic E-state index is 14.0. The highest BCUT2D eigenvalue weighted by Gasteiger charge is 2.35. The van der Waals surface area contributed by atoms with Gasteiger partial charge >= 0.3 is 11.9 Å². The fraction of sp³-hybridized carbons (Fsp3) is 0.226. The molecule has 0 fully saturated rings. The highest BCUT2D eigenvalue weighted by atomic mass is 32.1. The van der Waals surface area contributed by atoms with E-state index >= 15 is 0 Å². The second-order valence-electron chi connectivity index (χ2n) is 9.56. The number of esters is 1. The number of hydrogen-bond acceptors (Lipinski definition) is 7. The molecule has 0 bridgehead atoms. The third-order valence-electron chi connectivity index (χ3n) is 7.06. The van der Waals surface area contributed by atoms with E-state index in [1.807, 2.05) is 54.8 Å². The maximum atomic E-state index is 14.0. The zero-order chi connectivity index (χ0) is 29.4. The number of aryl methyl sites for hydroxylation is 1. The minimum absolute atomic E-state index is 0.184. The summed E-state index contributed by atoms with van der Waals surface area (Å²) in [7, 11) is 1.55. The van der Waals surface area contributed by atoms with Crippen molar-refractivity contribution in [3.8, 4) is 11.4 Å². The summed E-state index contributed by atoms with van der Waals surface area (Å²) in [4.78, 5) is 43.8. The molecule has 2 aromatic heterocycles. The summed E-state index contributed by atoms with van der Waals surface area (Å²) in [6.07, 6.45) is 1.81. The largest absolute Gasteiger partial charge is 0.496 e. The molecule has 0 unspecified atom stereocenters. The van der Waals surface area contributed by atoms with Crippen LogP contribution in [-0.4, -0.2) is 39.9 Å². The Morgan fingerprint density at radius 3 is 2.56 bits per heavy atom. The van der Waals surface area contributed by atoms with E-state index in [-0.39, 0.29) is 23.3 Å². The summed E-state index contributed by atoms with van der Waals surface area (Å²) >= 11 is 1.24. The lowest BCUT2D eigenvalue weighted by molar-refractivity contribution is -0.139. The molecule has 1 atom stereocenters. The lowest BCUT2D eigenvalue weighted by atomic mass is 9.95. The van der Waals surface area contributed by atoms with Gasteiger partial charge in [-0.25, -0.2) is 14.6 Å². The number of carboxylic acid groups (broad SMARTS) is 1. The lowest BCUT2D eigenvalue weighted by Crippen LogP contribution is -2.40. The second kappa shape index (κ2) is 11.1. The number of carboxylic acids is 1. The molecule has 41 heavy (non-hydrogen) atoms. The number of benzene rings is 2. The molecule has 0 saturated carbocycles. The second-order valence-corrected chi connectivity index (χ2v) is 10.6. The first-order valence-corrected chi connectivity index (χ1v) is 13.8. The molecule has 5 rings (SSSR count). The van der Waals surface area contributed by atoms with Crippen LogP contribution in [0.5, 0.6) is 5.75 Å². The molecule has 2 aromatic carbocycles. The number of hydrogen-bond donors (Lipinski definition) is 1. The van der Waals surface area contributed by atoms with E-state index in [0.29, 0.717) is 32.0 Å². The van der Waals surface area contributed by atoms with E-state index in [9.17, 15) is 19.5 Å². The van der Waals surface area contributed by atoms with E-state index < -0.39 is 18.0 Å². The normalized spacial score (nSPS) is 15.0. The molecule has 3 heterocycles. The predicted molar refractivity (Wildman–Crippen MR) is 156 cm³/mol. The smallest absolute Gasteiger partial charge is 0.338 e. The van der Waals surface area contributed by atoms with Gasteiger partial charge in [0.05, 0.1) is 35.1 Å². The van der Waals surface area contributed by atoms with Crippen LogP contribution in [0.2, 0.25) is 0 Å². The van der Waals surface area contributed by atoms with Crippen molar-refractivity contribution in [2.75, 3.05) is 13.7 Å². The van der Waals surface area contributed by atoms with Gasteiger partial charge in [-0.15, -0.1) is 0 Å². The van der Waals surface area contributed by atoms with Crippen molar-refractivity contribution in [2.45, 2.75) is 33.7 Å². The predicted octanol–water partition coefficient (Wildman–Crippen LogP) is 3.91. The minimum atomic E-state index is -1.00. The first kappa shape index (κ1) is 27.9. The number of allylic oxidation sites excluding steroid dienone is 1. The molecule has 1 N–H and O–H groups in total. The van der Waals surface area contributed by atoms with Crippen LogP contribution in [0.4, 0.5) is 0 Å². The third-order valence-corrected chi connectivity index (χ3v) is 8.04. The Morgan fingerprint density at radius 1 is 1.10 bits per heavy atom. The standard InChI is InChI=1S/C31H29N3O6S/c1-6-40-30(38)26-18(3)32-31-34(27(26)23-12-7-8-13-24(23)39-5)28(35)25(41-31)16-21-14-17(2)33(19(21)4)22-11-9-10-20(15-22)29(36)37/h7-16,27H,6H2,1-5H3,(H,36,37)/t27-/m0/s1. The van der Waals surface area contributed by atoms with Crippen molar-refractivity contribution in [2.24, 2.45) is 4.99 Å². The van der Waals surface area contributed by atoms with E-state index in [1.165, 1.54) is 15.9 Å². The highest BCUT2D eigenvalue weighted by molar-refractivity contribution is 7.07. The van der Waals surface area contributed by atoms with Gasteiger partial charge in [0.2, 0.25) is 0 Å². The van der Waals surface area contributed by atoms with E-state index in [4.69, 9.17) is 9.47 Å². The fourth-order valence-corrected chi connectivity index (χ4v) is 6.27. The average molecular weight is 572 g/mol. The Bertz CT molecular complexity index is 1910. The zero-order valence-corrected chi connectivity index (χ0v) is 24.1. The maximum Gasteiger partial charge on any atom is 0.338 e. The van der Waals surface area contributed by atoms with Crippen molar-refractivity contribution in [1.82, 2.24) is 9.13 Å². The molecule has 9 nitrogen and oxygen atoms in total. The number of aromatic carboxylic acids is 1. The number of aromatic nitrogens is 2. The Labute approximate surface area is 239 Å². The molecule has 0 amide bonds. The molecule has 4 aromatic rings. The molecular weight excluding hydrogens is 542 g/mol. The van der Waals surface area contributed by atoms with Crippen molar-refractivity contribution >= 4 is 29.4 Å². The number of rotatable bonds is 7. The van der Waals surface area contributed by atoms with E-state index in [0.717, 1.165) is 17.0 Å². The van der Waals surface area contributed by atoms with Gasteiger partial charge in [0.1, 0.15) is 11.8 Å². The number of carbonyl (C=O) groups is 2. The molecule has 0 aliphatic carbocycles. The number of ether oxygens (including phenoxy) is 2. The first-order valence-electron chi connectivity index (χ1n) is 13.0. The quantitative estimate of drug-likeness (QED) is 0.337. The number of para-hydroxylation sites is 1. The van der Waals surface area contributed by atoms with E-state index in [2.05, 4.69) is 4.99 Å². The van der Waals surface area contributed by atoms with Crippen LogP contribution >= 0.6 is 11.3 Å². The Balaban J connectivity index is 1.70. The van der Waals surface area contributed by atoms with Crippen LogP contribution in [0.25, 0.3) is 11.8 Å². The SMILES string of the molecule is CCOC(=O)C1=C(C)N=c2sc(=Cc3cc(C)n(-c4cccc(C(=O)O)c4)c3C)c(=O)n2[C@H]1c1ccccc1OC. The Morgan fingerprint density at radius 2 is 1.85 bits per heavy atom. The number of fused-ring (bicyclic) bond motifs is 1. The van der Waals surface area contributed by atoms with Gasteiger partial charge in [0, 0.05) is 22.6 Å². The van der Waals surface area contributed by atoms with Gasteiger partial charge in [0.15, 0.2) is 4.80 Å². The van der Waals surface area contributed by atoms with Crippen LogP contribution in [0.15, 0.2) is 75.7 Å². The molecule has 1 aliphatic rings. The fourth-order valence-electron chi connectivity index (χ4n) is 5.23. The summed E-state index contributed by atoms with van der Waals surface area (Å²) in [5, 5.41) is 9.44. The van der Waals surface area contributed by atoms with Crippen molar-refractivity contribution in [3.05, 3.63) is 114 Å². The third kappa shape index (κ3) is 4.91. The van der Waals surface area contributed by atoms with Crippen LogP contribution in [0, 0.1) is 13.8 Å². The first-order chi connectivity index (χ1) is 19.7. The highest BCUT2D eigenvalue weighted by Crippen LogP contribution is 2.35. The van der Waals surface area contributed by atoms with Crippen LogP contribution in [-0.2, 0) is 9.53 Å². The molecule has 10 heteroatoms. The summed E-state index contributed by atoms with van der Waals surface area (Å²) in [5.41, 5.74) is 4.56. The molecule has 1 aliphatic heterocycles. The number of carbonyl (C=O) groups excluding carboxylic acids is 1. The van der Waals surface area contributed by atoms with Gasteiger partial charge in [-0.1, -0.05) is 35.6 Å². The monoisotopic (exact) mass is 571 g/mol. The van der Waals surface area contributed by atoms with Gasteiger partial charge < -0.3 is 19.1 Å². The number of methoxy groups -OCH3 is 1. The van der Waals surface area contributed by atoms with Gasteiger partial charge in [-0.05, 0) is 69.7 Å². The molecule has 0 spiro atoms. The number of thiazole rings is 1. The average Bonchev–Trinajstić information content (AvgIpc) is 3.41. The zero-order valence-electron chi connectivity index (χ0n) is 23.3. The van der Waals surface area contributed by atoms with Crippen LogP contribution in [0.3, 0.4) is 0 Å². The van der Waals surface area contributed by atoms with E-state index in [1.54, 1.807) is 45.2 Å². The lowest BCUT2D eigenvalue weighted by Gasteiger charge is -2.25. The van der Waals surface area contributed by atoms with Crippen molar-refractivity contribution in [3.63, 3.8) is 0 Å². The summed E-state index contributed by atoms with van der Waals surface area (Å²) in [6, 6.07) is 15.2. The van der Waals surface area contributed by atoms with Gasteiger partial charge in [0.25, 0.3) is 5.56 Å². The summed E-state index contributed by atoms with van der Waals surface area (Å²) < 4.78 is 14.9. The number of nitrogens with zero attached hydrogens (tertiary/aromatic N) is 3. The summed E-state index contributed by atoms with van der Waals surface area (Å²) in [6.45, 7) is 7.50. The van der Waals surface area contributed by atoms with Crippen LogP contribution in [0.1, 0.15) is 52.8 Å². The van der Waals surface area contributed by atoms with Gasteiger partial charge in [-0.2, -0.15) is 0 Å². The molecule has 0 radical (unpaired) electrons. The van der Waals surface area contributed by atoms with Crippen molar-refractivity contribution in [1.29, 1.82) is 0 Å². The summed E-state index contributed by atoms with van der Waals surface area (Å²) in [5.74, 6) is -1.00. The Hall–Kier alpha value is -4.70. The molecular formula is C31H29N3O6S.